The first-order chi connectivity index (χ1) is 16.3. The summed E-state index contributed by atoms with van der Waals surface area (Å²) in [6, 6.07) is 0. The first-order valence-corrected chi connectivity index (χ1v) is 12.5. The van der Waals surface area contributed by atoms with Crippen LogP contribution in [0.15, 0.2) is 24.3 Å². The van der Waals surface area contributed by atoms with Crippen molar-refractivity contribution in [3.63, 3.8) is 0 Å². The average Bonchev–Trinajstić information content (AvgIpc) is 2.80. The fourth-order valence-corrected chi connectivity index (χ4v) is 7.41. The molecule has 198 valence electrons. The summed E-state index contributed by atoms with van der Waals surface area (Å²) < 4.78 is 11.1. The van der Waals surface area contributed by atoms with Gasteiger partial charge in [-0.05, 0) is 54.8 Å². The zero-order chi connectivity index (χ0) is 25.9. The Morgan fingerprint density at radius 3 is 2.49 bits per heavy atom. The van der Waals surface area contributed by atoms with Crippen molar-refractivity contribution in [3.8, 4) is 0 Å². The minimum atomic E-state index is -1.81. The van der Waals surface area contributed by atoms with Gasteiger partial charge in [-0.15, -0.1) is 6.58 Å². The van der Waals surface area contributed by atoms with Crippen molar-refractivity contribution >= 4 is 5.97 Å². The molecule has 0 aromatic heterocycles. The number of aliphatic hydroxyl groups excluding tert-OH is 5. The molecule has 0 spiro atoms. The summed E-state index contributed by atoms with van der Waals surface area (Å²) >= 11 is 0. The molecule has 3 fully saturated rings. The molecule has 1 saturated heterocycles. The summed E-state index contributed by atoms with van der Waals surface area (Å²) in [5, 5.41) is 61.8. The molecular formula is C26H40O9. The lowest BCUT2D eigenvalue weighted by molar-refractivity contribution is -0.309. The molecule has 4 rings (SSSR count). The van der Waals surface area contributed by atoms with Gasteiger partial charge in [0.1, 0.15) is 18.3 Å². The third-order valence-electron chi connectivity index (χ3n) is 9.62. The number of aliphatic hydroxyl groups is 5. The molecule has 12 atom stereocenters. The monoisotopic (exact) mass is 496 g/mol. The molecule has 0 aromatic carbocycles. The van der Waals surface area contributed by atoms with Crippen molar-refractivity contribution in [1.82, 2.24) is 0 Å². The Hall–Kier alpha value is -1.33. The molecule has 0 unspecified atom stereocenters. The molecule has 35 heavy (non-hydrogen) atoms. The average molecular weight is 497 g/mol. The number of hydrogen-bond acceptors (Lipinski definition) is 8. The summed E-state index contributed by atoms with van der Waals surface area (Å²) in [6.07, 6.45) is -2.31. The fraction of sp³-hybridized carbons (Fsp3) is 0.808. The first kappa shape index (κ1) is 26.7. The number of ether oxygens (including phenoxy) is 2. The van der Waals surface area contributed by atoms with E-state index in [0.29, 0.717) is 12.8 Å². The van der Waals surface area contributed by atoms with Crippen LogP contribution in [-0.2, 0) is 14.3 Å². The van der Waals surface area contributed by atoms with Gasteiger partial charge in [0.2, 0.25) is 0 Å². The molecule has 2 saturated carbocycles. The van der Waals surface area contributed by atoms with Crippen LogP contribution in [0.25, 0.3) is 0 Å². The van der Waals surface area contributed by atoms with E-state index < -0.39 is 54.3 Å². The molecule has 0 aromatic rings. The van der Waals surface area contributed by atoms with Crippen LogP contribution >= 0.6 is 0 Å². The van der Waals surface area contributed by atoms with Gasteiger partial charge in [0.25, 0.3) is 0 Å². The van der Waals surface area contributed by atoms with Gasteiger partial charge in [-0.1, -0.05) is 38.5 Å². The molecule has 0 radical (unpaired) electrons. The number of hydrogen-bond donors (Lipinski definition) is 6. The Balaban J connectivity index is 1.59. The zero-order valence-electron chi connectivity index (χ0n) is 20.7. The predicted molar refractivity (Wildman–Crippen MR) is 125 cm³/mol. The smallest absolute Gasteiger partial charge is 0.335 e. The van der Waals surface area contributed by atoms with Gasteiger partial charge < -0.3 is 40.1 Å². The van der Waals surface area contributed by atoms with E-state index in [2.05, 4.69) is 26.5 Å². The minimum absolute atomic E-state index is 0.0469. The van der Waals surface area contributed by atoms with Gasteiger partial charge in [-0.25, -0.2) is 4.79 Å². The van der Waals surface area contributed by atoms with Gasteiger partial charge in [0.15, 0.2) is 12.4 Å². The molecule has 4 aliphatic rings. The van der Waals surface area contributed by atoms with Crippen LogP contribution < -0.4 is 0 Å². The standard InChI is InChI=1S/C26H40O9/c1-5-24(2)9-8-14-13(10-24)6-7-16-25(14,3)11-15(27)21(31)26(16,4)12-34-23-19(30)17(28)18(29)20(35-23)22(32)33/h5-6,14-21,23,27-31H,1,7-12H2,2-4H3,(H,32,33)/t14-,15-,16+,17+,18-,19+,20+,21-,23-,24-,25+,26-/m0/s1. The van der Waals surface area contributed by atoms with E-state index in [1.165, 1.54) is 5.57 Å². The topological polar surface area (TPSA) is 157 Å². The van der Waals surface area contributed by atoms with E-state index >= 15 is 0 Å². The molecule has 3 aliphatic carbocycles. The maximum Gasteiger partial charge on any atom is 0.335 e. The van der Waals surface area contributed by atoms with Crippen molar-refractivity contribution in [2.45, 2.75) is 95.8 Å². The number of carbonyl (C=O) groups is 1. The van der Waals surface area contributed by atoms with Crippen molar-refractivity contribution < 1.29 is 44.9 Å². The van der Waals surface area contributed by atoms with Crippen LogP contribution in [0.3, 0.4) is 0 Å². The highest BCUT2D eigenvalue weighted by molar-refractivity contribution is 5.73. The van der Waals surface area contributed by atoms with Gasteiger partial charge in [-0.2, -0.15) is 0 Å². The minimum Gasteiger partial charge on any atom is -0.479 e. The number of carboxylic acid groups (broad SMARTS) is 1. The van der Waals surface area contributed by atoms with Crippen molar-refractivity contribution in [3.05, 3.63) is 24.3 Å². The molecule has 1 heterocycles. The third-order valence-corrected chi connectivity index (χ3v) is 9.62. The maximum atomic E-state index is 11.4. The second kappa shape index (κ2) is 9.20. The van der Waals surface area contributed by atoms with E-state index in [-0.39, 0.29) is 29.3 Å². The van der Waals surface area contributed by atoms with E-state index in [1.54, 1.807) is 0 Å². The van der Waals surface area contributed by atoms with Gasteiger partial charge in [0, 0.05) is 5.41 Å². The molecule has 9 heteroatoms. The van der Waals surface area contributed by atoms with Crippen LogP contribution in [0.2, 0.25) is 0 Å². The molecule has 0 bridgehead atoms. The van der Waals surface area contributed by atoms with Gasteiger partial charge in [0.05, 0.1) is 18.8 Å². The Labute approximate surface area is 206 Å². The summed E-state index contributed by atoms with van der Waals surface area (Å²) in [7, 11) is 0. The molecule has 0 amide bonds. The lowest BCUT2D eigenvalue weighted by Gasteiger charge is -2.62. The van der Waals surface area contributed by atoms with Crippen molar-refractivity contribution in [2.24, 2.45) is 28.1 Å². The number of fused-ring (bicyclic) bond motifs is 3. The number of carboxylic acids is 1. The molecule has 1 aliphatic heterocycles. The van der Waals surface area contributed by atoms with Crippen molar-refractivity contribution in [1.29, 1.82) is 0 Å². The first-order valence-electron chi connectivity index (χ1n) is 12.5. The fourth-order valence-electron chi connectivity index (χ4n) is 7.41. The van der Waals surface area contributed by atoms with Crippen molar-refractivity contribution in [2.75, 3.05) is 6.61 Å². The van der Waals surface area contributed by atoms with E-state index in [9.17, 15) is 35.4 Å². The van der Waals surface area contributed by atoms with Crippen LogP contribution in [0, 0.1) is 28.1 Å². The lowest BCUT2D eigenvalue weighted by atomic mass is 9.44. The van der Waals surface area contributed by atoms with E-state index in [0.717, 1.165) is 19.3 Å². The summed E-state index contributed by atoms with van der Waals surface area (Å²) in [4.78, 5) is 11.4. The third kappa shape index (κ3) is 4.29. The van der Waals surface area contributed by atoms with Crippen LogP contribution in [-0.4, -0.2) is 86.1 Å². The van der Waals surface area contributed by atoms with Crippen LogP contribution in [0.1, 0.15) is 52.9 Å². The Morgan fingerprint density at radius 1 is 1.17 bits per heavy atom. The summed E-state index contributed by atoms with van der Waals surface area (Å²) in [6.45, 7) is 10.1. The maximum absolute atomic E-state index is 11.4. The quantitative estimate of drug-likeness (QED) is 0.305. The number of aliphatic carboxylic acids is 1. The Morgan fingerprint density at radius 2 is 1.86 bits per heavy atom. The number of rotatable bonds is 5. The highest BCUT2D eigenvalue weighted by Gasteiger charge is 2.61. The van der Waals surface area contributed by atoms with E-state index in [1.807, 2.05) is 13.0 Å². The largest absolute Gasteiger partial charge is 0.479 e. The zero-order valence-corrected chi connectivity index (χ0v) is 20.7. The second-order valence-electron chi connectivity index (χ2n) is 12.0. The predicted octanol–water partition coefficient (Wildman–Crippen LogP) is 0.972. The van der Waals surface area contributed by atoms with Crippen LogP contribution in [0.4, 0.5) is 0 Å². The lowest BCUT2D eigenvalue weighted by Crippen LogP contribution is -2.64. The SMILES string of the molecule is C=C[C@@]1(C)CC[C@H]2C(=CC[C@@H]3[C@]2(C)C[C@H](O)[C@H](O)[C@@]3(C)CO[C@H]2O[C@@H](C(=O)O)[C@@H](O)[C@@H](O)[C@H]2O)C1. The summed E-state index contributed by atoms with van der Waals surface area (Å²) in [5.41, 5.74) is 0.188. The molecule has 6 N–H and O–H groups in total. The highest BCUT2D eigenvalue weighted by atomic mass is 16.7. The Kier molecular flexibility index (Phi) is 7.03. The van der Waals surface area contributed by atoms with E-state index in [4.69, 9.17) is 9.47 Å². The normalized spacial score (nSPS) is 52.1. The van der Waals surface area contributed by atoms with Crippen LogP contribution in [0.5, 0.6) is 0 Å². The number of allylic oxidation sites excluding steroid dienone is 3. The summed E-state index contributed by atoms with van der Waals surface area (Å²) in [5.74, 6) is -1.29. The highest BCUT2D eigenvalue weighted by Crippen LogP contribution is 2.63. The molecule has 9 nitrogen and oxygen atoms in total. The van der Waals surface area contributed by atoms with Gasteiger partial charge >= 0.3 is 5.97 Å². The second-order valence-corrected chi connectivity index (χ2v) is 12.0. The molecular weight excluding hydrogens is 456 g/mol. The van der Waals surface area contributed by atoms with Gasteiger partial charge in [-0.3, -0.25) is 0 Å². The Bertz CT molecular complexity index is 875.